The van der Waals surface area contributed by atoms with Gasteiger partial charge in [0.1, 0.15) is 0 Å². The number of hydrogen-bond acceptors (Lipinski definition) is 4. The maximum atomic E-state index is 12.1. The Morgan fingerprint density at radius 1 is 1.47 bits per heavy atom. The van der Waals surface area contributed by atoms with E-state index in [9.17, 15) is 4.79 Å². The van der Waals surface area contributed by atoms with Crippen molar-refractivity contribution in [1.29, 1.82) is 0 Å². The van der Waals surface area contributed by atoms with Crippen LogP contribution in [0.2, 0.25) is 0 Å². The van der Waals surface area contributed by atoms with Gasteiger partial charge in [0, 0.05) is 19.6 Å². The third kappa shape index (κ3) is 2.11. The first-order valence-corrected chi connectivity index (χ1v) is 5.15. The Hall–Kier alpha value is -1.13. The van der Waals surface area contributed by atoms with Crippen molar-refractivity contribution in [2.45, 2.75) is 6.04 Å². The van der Waals surface area contributed by atoms with E-state index in [0.717, 1.165) is 19.6 Å². The van der Waals surface area contributed by atoms with E-state index in [1.165, 1.54) is 0 Å². The molecule has 0 spiro atoms. The maximum absolute atomic E-state index is 12.1. The number of rotatable bonds is 2. The van der Waals surface area contributed by atoms with Crippen LogP contribution in [-0.2, 0) is 0 Å². The normalized spacial score (nSPS) is 24.3. The average molecular weight is 208 g/mol. The van der Waals surface area contributed by atoms with Crippen molar-refractivity contribution in [3.8, 4) is 0 Å². The second-order valence-corrected chi connectivity index (χ2v) is 4.10. The fraction of sp³-hybridized carbons (Fsp3) is 0.545. The van der Waals surface area contributed by atoms with Crippen LogP contribution >= 0.6 is 0 Å². The molecule has 1 aromatic heterocycles. The second kappa shape index (κ2) is 4.16. The molecule has 15 heavy (non-hydrogen) atoms. The van der Waals surface area contributed by atoms with Crippen LogP contribution in [0, 0.1) is 0 Å². The molecule has 2 rings (SSSR count). The Morgan fingerprint density at radius 3 is 2.93 bits per heavy atom. The average Bonchev–Trinajstić information content (AvgIpc) is 2.74. The van der Waals surface area contributed by atoms with Crippen molar-refractivity contribution < 1.29 is 9.21 Å². The smallest absolute Gasteiger partial charge is 0.216 e. The van der Waals surface area contributed by atoms with Gasteiger partial charge in [-0.05, 0) is 26.2 Å². The quantitative estimate of drug-likeness (QED) is 0.671. The first-order chi connectivity index (χ1) is 7.18. The zero-order valence-corrected chi connectivity index (χ0v) is 9.14. The molecule has 0 saturated carbocycles. The van der Waals surface area contributed by atoms with Gasteiger partial charge < -0.3 is 9.32 Å². The molecule has 0 aliphatic carbocycles. The number of ketones is 1. The molecular formula is C11H16N2O2. The molecule has 0 amide bonds. The van der Waals surface area contributed by atoms with Gasteiger partial charge >= 0.3 is 0 Å². The summed E-state index contributed by atoms with van der Waals surface area (Å²) in [5.74, 6) is 0.538. The molecule has 82 valence electrons. The van der Waals surface area contributed by atoms with Gasteiger partial charge in [0.15, 0.2) is 5.76 Å². The third-order valence-corrected chi connectivity index (χ3v) is 2.92. The summed E-state index contributed by atoms with van der Waals surface area (Å²) in [5.41, 5.74) is 0. The first kappa shape index (κ1) is 10.4. The molecule has 1 aliphatic heterocycles. The molecule has 1 fully saturated rings. The lowest BCUT2D eigenvalue weighted by atomic mass is 10.1. The van der Waals surface area contributed by atoms with E-state index in [0.29, 0.717) is 5.76 Å². The molecule has 2 heterocycles. The summed E-state index contributed by atoms with van der Waals surface area (Å²) in [7, 11) is 4.02. The number of piperazine rings is 1. The Labute approximate surface area is 89.5 Å². The summed E-state index contributed by atoms with van der Waals surface area (Å²) < 4.78 is 5.14. The Balaban J connectivity index is 2.12. The Kier molecular flexibility index (Phi) is 2.88. The molecule has 0 bridgehead atoms. The SMILES string of the molecule is CN1CCN(C)C(C(=O)c2ccco2)C1. The van der Waals surface area contributed by atoms with Crippen LogP contribution in [-0.4, -0.2) is 55.4 Å². The zero-order chi connectivity index (χ0) is 10.8. The second-order valence-electron chi connectivity index (χ2n) is 4.10. The van der Waals surface area contributed by atoms with Crippen LogP contribution < -0.4 is 0 Å². The molecule has 1 atom stereocenters. The van der Waals surface area contributed by atoms with Gasteiger partial charge in [-0.1, -0.05) is 0 Å². The summed E-state index contributed by atoms with van der Waals surface area (Å²) in [6.07, 6.45) is 1.54. The van der Waals surface area contributed by atoms with Gasteiger partial charge in [0.25, 0.3) is 0 Å². The molecular weight excluding hydrogens is 192 g/mol. The van der Waals surface area contributed by atoms with E-state index in [1.54, 1.807) is 18.4 Å². The predicted molar refractivity (Wildman–Crippen MR) is 57.0 cm³/mol. The highest BCUT2D eigenvalue weighted by molar-refractivity contribution is 5.97. The minimum absolute atomic E-state index is 0.0742. The van der Waals surface area contributed by atoms with Gasteiger partial charge in [-0.25, -0.2) is 0 Å². The zero-order valence-electron chi connectivity index (χ0n) is 9.14. The molecule has 1 unspecified atom stereocenters. The predicted octanol–water partition coefficient (Wildman–Crippen LogP) is 0.708. The van der Waals surface area contributed by atoms with Crippen molar-refractivity contribution in [3.05, 3.63) is 24.2 Å². The van der Waals surface area contributed by atoms with E-state index < -0.39 is 0 Å². The van der Waals surface area contributed by atoms with Crippen LogP contribution in [0.1, 0.15) is 10.6 Å². The topological polar surface area (TPSA) is 36.7 Å². The van der Waals surface area contributed by atoms with E-state index in [2.05, 4.69) is 9.80 Å². The molecule has 0 radical (unpaired) electrons. The third-order valence-electron chi connectivity index (χ3n) is 2.92. The Morgan fingerprint density at radius 2 is 2.27 bits per heavy atom. The number of carbonyl (C=O) groups is 1. The van der Waals surface area contributed by atoms with Crippen molar-refractivity contribution in [2.75, 3.05) is 33.7 Å². The largest absolute Gasteiger partial charge is 0.461 e. The van der Waals surface area contributed by atoms with Gasteiger partial charge in [-0.3, -0.25) is 9.69 Å². The number of hydrogen-bond donors (Lipinski definition) is 0. The number of Topliss-reactive ketones (excluding diaryl/α,β-unsaturated/α-hetero) is 1. The first-order valence-electron chi connectivity index (χ1n) is 5.15. The van der Waals surface area contributed by atoms with E-state index in [4.69, 9.17) is 4.42 Å². The molecule has 1 aromatic rings. The Bertz CT molecular complexity index is 334. The highest BCUT2D eigenvalue weighted by Gasteiger charge is 2.30. The lowest BCUT2D eigenvalue weighted by Gasteiger charge is -2.36. The van der Waals surface area contributed by atoms with Gasteiger partial charge in [0.05, 0.1) is 12.3 Å². The monoisotopic (exact) mass is 208 g/mol. The summed E-state index contributed by atoms with van der Waals surface area (Å²) in [4.78, 5) is 16.3. The van der Waals surface area contributed by atoms with Crippen LogP contribution in [0.5, 0.6) is 0 Å². The van der Waals surface area contributed by atoms with Crippen LogP contribution in [0.3, 0.4) is 0 Å². The summed E-state index contributed by atoms with van der Waals surface area (Å²) in [6, 6.07) is 3.40. The van der Waals surface area contributed by atoms with Crippen LogP contribution in [0.15, 0.2) is 22.8 Å². The standard InChI is InChI=1S/C11H16N2O2/c1-12-5-6-13(2)9(8-12)11(14)10-4-3-7-15-10/h3-4,7,9H,5-6,8H2,1-2H3. The van der Waals surface area contributed by atoms with Crippen molar-refractivity contribution in [2.24, 2.45) is 0 Å². The summed E-state index contributed by atoms with van der Waals surface area (Å²) in [6.45, 7) is 2.71. The number of furan rings is 1. The summed E-state index contributed by atoms with van der Waals surface area (Å²) in [5, 5.41) is 0. The molecule has 4 nitrogen and oxygen atoms in total. The van der Waals surface area contributed by atoms with Crippen molar-refractivity contribution in [1.82, 2.24) is 9.80 Å². The fourth-order valence-corrected chi connectivity index (χ4v) is 1.88. The molecule has 0 aromatic carbocycles. The van der Waals surface area contributed by atoms with E-state index >= 15 is 0 Å². The van der Waals surface area contributed by atoms with Crippen molar-refractivity contribution >= 4 is 5.78 Å². The fourth-order valence-electron chi connectivity index (χ4n) is 1.88. The molecule has 0 N–H and O–H groups in total. The van der Waals surface area contributed by atoms with Gasteiger partial charge in [0.2, 0.25) is 5.78 Å². The number of carbonyl (C=O) groups excluding carboxylic acids is 1. The van der Waals surface area contributed by atoms with Gasteiger partial charge in [-0.15, -0.1) is 0 Å². The molecule has 4 heteroatoms. The molecule has 1 aliphatic rings. The van der Waals surface area contributed by atoms with Crippen molar-refractivity contribution in [3.63, 3.8) is 0 Å². The number of likely N-dealkylation sites (N-methyl/N-ethyl adjacent to an activating group) is 2. The van der Waals surface area contributed by atoms with Crippen LogP contribution in [0.4, 0.5) is 0 Å². The number of nitrogens with zero attached hydrogens (tertiary/aromatic N) is 2. The maximum Gasteiger partial charge on any atom is 0.216 e. The minimum atomic E-state index is -0.0742. The minimum Gasteiger partial charge on any atom is -0.461 e. The summed E-state index contributed by atoms with van der Waals surface area (Å²) >= 11 is 0. The highest BCUT2D eigenvalue weighted by atomic mass is 16.3. The van der Waals surface area contributed by atoms with E-state index in [-0.39, 0.29) is 11.8 Å². The molecule has 1 saturated heterocycles. The van der Waals surface area contributed by atoms with Gasteiger partial charge in [-0.2, -0.15) is 0 Å². The lowest BCUT2D eigenvalue weighted by Crippen LogP contribution is -2.53. The lowest BCUT2D eigenvalue weighted by molar-refractivity contribution is 0.0659. The van der Waals surface area contributed by atoms with Crippen LogP contribution in [0.25, 0.3) is 0 Å². The van der Waals surface area contributed by atoms with E-state index in [1.807, 2.05) is 14.1 Å². The highest BCUT2D eigenvalue weighted by Crippen LogP contribution is 2.12.